The average Bonchev–Trinajstić information content (AvgIpc) is 3.30. The summed E-state index contributed by atoms with van der Waals surface area (Å²) in [6.07, 6.45) is 2.71. The fourth-order valence-electron chi connectivity index (χ4n) is 3.90. The lowest BCUT2D eigenvalue weighted by molar-refractivity contribution is -0.121. The minimum Gasteiger partial charge on any atom is -0.338 e. The fourth-order valence-corrected chi connectivity index (χ4v) is 7.84. The van der Waals surface area contributed by atoms with Gasteiger partial charge in [0, 0.05) is 49.8 Å². The molecule has 0 radical (unpaired) electrons. The Morgan fingerprint density at radius 3 is 2.53 bits per heavy atom. The molecule has 0 aliphatic carbocycles. The summed E-state index contributed by atoms with van der Waals surface area (Å²) in [5.41, 5.74) is 1.01. The monoisotopic (exact) mass is 494 g/mol. The average molecular weight is 495 g/mol. The Morgan fingerprint density at radius 2 is 1.84 bits per heavy atom. The van der Waals surface area contributed by atoms with Crippen LogP contribution in [0.5, 0.6) is 0 Å². The van der Waals surface area contributed by atoms with Crippen molar-refractivity contribution in [1.82, 2.24) is 14.2 Å². The Hall–Kier alpha value is -1.95. The molecular formula is C21H26N4O4S3. The summed E-state index contributed by atoms with van der Waals surface area (Å²) in [7, 11) is -3.68. The molecule has 2 fully saturated rings. The Kier molecular flexibility index (Phi) is 7.18. The van der Waals surface area contributed by atoms with Crippen LogP contribution in [0.3, 0.4) is 0 Å². The van der Waals surface area contributed by atoms with Crippen LogP contribution in [0.2, 0.25) is 0 Å². The van der Waals surface area contributed by atoms with Gasteiger partial charge < -0.3 is 10.2 Å². The minimum atomic E-state index is -3.68. The van der Waals surface area contributed by atoms with E-state index in [9.17, 15) is 18.0 Å². The third-order valence-corrected chi connectivity index (χ3v) is 9.65. The van der Waals surface area contributed by atoms with E-state index in [-0.39, 0.29) is 27.5 Å². The van der Waals surface area contributed by atoms with Crippen LogP contribution in [0.15, 0.2) is 34.7 Å². The number of carbonyl (C=O) groups is 2. The number of anilines is 1. The van der Waals surface area contributed by atoms with Crippen molar-refractivity contribution in [2.24, 2.45) is 5.92 Å². The number of amides is 2. The summed E-state index contributed by atoms with van der Waals surface area (Å²) in [5.74, 6) is 1.47. The highest BCUT2D eigenvalue weighted by Gasteiger charge is 2.34. The third-order valence-electron chi connectivity index (χ3n) is 5.73. The molecule has 4 rings (SSSR count). The molecule has 2 saturated heterocycles. The Labute approximate surface area is 196 Å². The number of aromatic nitrogens is 1. The van der Waals surface area contributed by atoms with E-state index in [1.807, 2.05) is 19.1 Å². The number of carbonyl (C=O) groups excluding carboxylic acids is 2. The lowest BCUT2D eigenvalue weighted by atomic mass is 9.95. The van der Waals surface area contributed by atoms with Crippen molar-refractivity contribution >= 4 is 50.8 Å². The number of piperidine rings is 1. The standard InChI is InChI=1S/C21H26N4O4S3/c1-15-2-6-22-18(14-15)23-20(26)16-3-7-24(8-4-16)21(27)19-17(5-11-31-19)32(28,29)25-9-12-30-13-10-25/h2,5-6,11,14,16H,3-4,7-10,12-13H2,1H3,(H,22,23,26). The molecule has 0 saturated carbocycles. The zero-order valence-corrected chi connectivity index (χ0v) is 20.3. The van der Waals surface area contributed by atoms with Crippen LogP contribution in [0, 0.1) is 12.8 Å². The molecule has 32 heavy (non-hydrogen) atoms. The molecule has 0 spiro atoms. The molecule has 0 unspecified atom stereocenters. The van der Waals surface area contributed by atoms with Crippen LogP contribution >= 0.6 is 23.1 Å². The summed E-state index contributed by atoms with van der Waals surface area (Å²) >= 11 is 2.90. The van der Waals surface area contributed by atoms with E-state index in [1.54, 1.807) is 28.2 Å². The predicted molar refractivity (Wildman–Crippen MR) is 127 cm³/mol. The van der Waals surface area contributed by atoms with Crippen molar-refractivity contribution < 1.29 is 18.0 Å². The topological polar surface area (TPSA) is 99.7 Å². The lowest BCUT2D eigenvalue weighted by Gasteiger charge is -2.31. The largest absolute Gasteiger partial charge is 0.338 e. The van der Waals surface area contributed by atoms with Crippen molar-refractivity contribution in [1.29, 1.82) is 0 Å². The van der Waals surface area contributed by atoms with Gasteiger partial charge >= 0.3 is 0 Å². The van der Waals surface area contributed by atoms with Crippen molar-refractivity contribution in [3.05, 3.63) is 40.2 Å². The highest BCUT2D eigenvalue weighted by atomic mass is 32.2. The second-order valence-electron chi connectivity index (χ2n) is 7.90. The van der Waals surface area contributed by atoms with Crippen LogP contribution in [-0.2, 0) is 14.8 Å². The number of pyridine rings is 1. The molecule has 172 valence electrons. The highest BCUT2D eigenvalue weighted by Crippen LogP contribution is 2.29. The maximum absolute atomic E-state index is 13.2. The molecule has 0 aromatic carbocycles. The van der Waals surface area contributed by atoms with Gasteiger partial charge in [0.2, 0.25) is 15.9 Å². The fraction of sp³-hybridized carbons (Fsp3) is 0.476. The van der Waals surface area contributed by atoms with Crippen LogP contribution in [0.1, 0.15) is 28.1 Å². The van der Waals surface area contributed by atoms with Crippen LogP contribution in [-0.4, -0.2) is 72.1 Å². The molecule has 0 bridgehead atoms. The van der Waals surface area contributed by atoms with Crippen molar-refractivity contribution in [2.45, 2.75) is 24.7 Å². The van der Waals surface area contributed by atoms with Gasteiger partial charge in [-0.25, -0.2) is 13.4 Å². The van der Waals surface area contributed by atoms with Crippen LogP contribution in [0.4, 0.5) is 5.82 Å². The molecule has 2 aromatic rings. The molecule has 11 heteroatoms. The number of thioether (sulfide) groups is 1. The van der Waals surface area contributed by atoms with Gasteiger partial charge in [0.1, 0.15) is 15.6 Å². The van der Waals surface area contributed by atoms with Crippen molar-refractivity contribution in [3.8, 4) is 0 Å². The van der Waals surface area contributed by atoms with E-state index < -0.39 is 10.0 Å². The first-order valence-electron chi connectivity index (χ1n) is 10.5. The molecule has 2 aliphatic rings. The minimum absolute atomic E-state index is 0.0995. The smallest absolute Gasteiger partial charge is 0.265 e. The number of nitrogens with zero attached hydrogens (tertiary/aromatic N) is 3. The van der Waals surface area contributed by atoms with Gasteiger partial charge in [-0.1, -0.05) is 0 Å². The number of likely N-dealkylation sites (tertiary alicyclic amines) is 1. The molecule has 1 N–H and O–H groups in total. The van der Waals surface area contributed by atoms with E-state index in [0.29, 0.717) is 44.8 Å². The molecule has 2 aliphatic heterocycles. The first-order valence-corrected chi connectivity index (χ1v) is 14.0. The van der Waals surface area contributed by atoms with E-state index in [0.717, 1.165) is 28.4 Å². The van der Waals surface area contributed by atoms with E-state index in [4.69, 9.17) is 0 Å². The molecule has 2 aromatic heterocycles. The Morgan fingerprint density at radius 1 is 1.12 bits per heavy atom. The lowest BCUT2D eigenvalue weighted by Crippen LogP contribution is -2.42. The van der Waals surface area contributed by atoms with Gasteiger partial charge in [0.15, 0.2) is 0 Å². The number of nitrogens with one attached hydrogen (secondary N) is 1. The van der Waals surface area contributed by atoms with Gasteiger partial charge in [-0.3, -0.25) is 9.59 Å². The van der Waals surface area contributed by atoms with Crippen molar-refractivity contribution in [2.75, 3.05) is 43.0 Å². The summed E-state index contributed by atoms with van der Waals surface area (Å²) < 4.78 is 27.6. The SMILES string of the molecule is Cc1ccnc(NC(=O)C2CCN(C(=O)c3sccc3S(=O)(=O)N3CCSCC3)CC2)c1. The zero-order chi connectivity index (χ0) is 22.7. The second kappa shape index (κ2) is 9.90. The van der Waals surface area contributed by atoms with Gasteiger partial charge in [0.25, 0.3) is 5.91 Å². The van der Waals surface area contributed by atoms with Crippen LogP contribution in [0.25, 0.3) is 0 Å². The molecule has 4 heterocycles. The molecular weight excluding hydrogens is 468 g/mol. The number of hydrogen-bond acceptors (Lipinski definition) is 7. The number of rotatable bonds is 5. The zero-order valence-electron chi connectivity index (χ0n) is 17.8. The number of aryl methyl sites for hydroxylation is 1. The quantitative estimate of drug-likeness (QED) is 0.686. The maximum atomic E-state index is 13.2. The van der Waals surface area contributed by atoms with E-state index in [2.05, 4.69) is 10.3 Å². The van der Waals surface area contributed by atoms with E-state index in [1.165, 1.54) is 10.4 Å². The van der Waals surface area contributed by atoms with Gasteiger partial charge in [-0.2, -0.15) is 16.1 Å². The highest BCUT2D eigenvalue weighted by molar-refractivity contribution is 7.99. The number of hydrogen-bond donors (Lipinski definition) is 1. The van der Waals surface area contributed by atoms with Gasteiger partial charge in [-0.15, -0.1) is 11.3 Å². The van der Waals surface area contributed by atoms with Crippen LogP contribution < -0.4 is 5.32 Å². The summed E-state index contributed by atoms with van der Waals surface area (Å²) in [5, 5.41) is 4.51. The van der Waals surface area contributed by atoms with Gasteiger partial charge in [0.05, 0.1) is 0 Å². The normalized spacial score (nSPS) is 18.5. The third kappa shape index (κ3) is 5.00. The van der Waals surface area contributed by atoms with Crippen molar-refractivity contribution in [3.63, 3.8) is 0 Å². The maximum Gasteiger partial charge on any atom is 0.265 e. The summed E-state index contributed by atoms with van der Waals surface area (Å²) in [4.78, 5) is 31.9. The molecule has 2 amide bonds. The van der Waals surface area contributed by atoms with Gasteiger partial charge in [-0.05, 0) is 48.9 Å². The number of thiophene rings is 1. The Balaban J connectivity index is 1.39. The first-order chi connectivity index (χ1) is 15.4. The Bertz CT molecular complexity index is 1090. The number of sulfonamides is 1. The molecule has 0 atom stereocenters. The summed E-state index contributed by atoms with van der Waals surface area (Å²) in [6.45, 7) is 3.69. The first kappa shape index (κ1) is 23.2. The van der Waals surface area contributed by atoms with E-state index >= 15 is 0 Å². The molecule has 8 nitrogen and oxygen atoms in total. The second-order valence-corrected chi connectivity index (χ2v) is 12.0. The predicted octanol–water partition coefficient (Wildman–Crippen LogP) is 2.68. The summed E-state index contributed by atoms with van der Waals surface area (Å²) in [6, 6.07) is 5.21.